The van der Waals surface area contributed by atoms with Crippen LogP contribution in [-0.4, -0.2) is 7.11 Å². The third kappa shape index (κ3) is 1.59. The van der Waals surface area contributed by atoms with Crippen molar-refractivity contribution in [1.29, 1.82) is 0 Å². The molecule has 1 rings (SSSR count). The van der Waals surface area contributed by atoms with Gasteiger partial charge in [-0.1, -0.05) is 15.9 Å². The molecule has 0 aliphatic rings. The van der Waals surface area contributed by atoms with Crippen LogP contribution in [0.15, 0.2) is 16.6 Å². The molecule has 0 atom stereocenters. The SMILES string of the molecule is [C-]#[N+]c1cc(Br)cc(OC)c1C. The molecule has 0 aliphatic carbocycles. The van der Waals surface area contributed by atoms with E-state index in [1.807, 2.05) is 13.0 Å². The highest BCUT2D eigenvalue weighted by molar-refractivity contribution is 9.10. The zero-order valence-corrected chi connectivity index (χ0v) is 8.47. The first-order valence-corrected chi connectivity index (χ1v) is 4.20. The van der Waals surface area contributed by atoms with E-state index in [1.165, 1.54) is 0 Å². The topological polar surface area (TPSA) is 13.6 Å². The molecule has 0 radical (unpaired) electrons. The molecule has 1 aromatic carbocycles. The minimum atomic E-state index is 0.626. The Bertz CT molecular complexity index is 341. The number of halogens is 1. The second-order valence-electron chi connectivity index (χ2n) is 2.36. The predicted molar refractivity (Wildman–Crippen MR) is 51.7 cm³/mol. The van der Waals surface area contributed by atoms with E-state index in [1.54, 1.807) is 13.2 Å². The van der Waals surface area contributed by atoms with Gasteiger partial charge in [-0.3, -0.25) is 0 Å². The summed E-state index contributed by atoms with van der Waals surface area (Å²) in [6.45, 7) is 8.78. The van der Waals surface area contributed by atoms with Gasteiger partial charge < -0.3 is 4.74 Å². The molecule has 1 aromatic rings. The van der Waals surface area contributed by atoms with Gasteiger partial charge in [-0.05, 0) is 24.6 Å². The number of rotatable bonds is 1. The maximum atomic E-state index is 6.90. The molecule has 0 saturated carbocycles. The summed E-state index contributed by atoms with van der Waals surface area (Å²) in [6, 6.07) is 3.63. The normalized spacial score (nSPS) is 9.17. The van der Waals surface area contributed by atoms with Crippen molar-refractivity contribution in [2.75, 3.05) is 7.11 Å². The van der Waals surface area contributed by atoms with Crippen molar-refractivity contribution in [3.8, 4) is 5.75 Å². The standard InChI is InChI=1S/C9H8BrNO/c1-6-8(11-2)4-7(10)5-9(6)12-3/h4-5H,1,3H3. The number of benzene rings is 1. The molecular weight excluding hydrogens is 218 g/mol. The third-order valence-electron chi connectivity index (χ3n) is 1.64. The van der Waals surface area contributed by atoms with E-state index in [2.05, 4.69) is 20.8 Å². The van der Waals surface area contributed by atoms with Gasteiger partial charge in [0, 0.05) is 4.47 Å². The van der Waals surface area contributed by atoms with Crippen LogP contribution in [0.1, 0.15) is 5.56 Å². The van der Waals surface area contributed by atoms with Gasteiger partial charge >= 0.3 is 0 Å². The van der Waals surface area contributed by atoms with Gasteiger partial charge in [-0.2, -0.15) is 0 Å². The first kappa shape index (κ1) is 9.08. The molecule has 0 aliphatic heterocycles. The smallest absolute Gasteiger partial charge is 0.194 e. The zero-order valence-electron chi connectivity index (χ0n) is 6.89. The van der Waals surface area contributed by atoms with Gasteiger partial charge in [0.1, 0.15) is 5.75 Å². The molecule has 0 amide bonds. The third-order valence-corrected chi connectivity index (χ3v) is 2.10. The molecule has 3 heteroatoms. The maximum absolute atomic E-state index is 6.90. The maximum Gasteiger partial charge on any atom is 0.194 e. The minimum Gasteiger partial charge on any atom is -0.498 e. The number of ether oxygens (including phenoxy) is 1. The average molecular weight is 226 g/mol. The van der Waals surface area contributed by atoms with Gasteiger partial charge in [0.15, 0.2) is 5.69 Å². The molecule has 0 saturated heterocycles. The monoisotopic (exact) mass is 225 g/mol. The Labute approximate surface area is 80.1 Å². The number of methoxy groups -OCH3 is 1. The second kappa shape index (κ2) is 3.59. The summed E-state index contributed by atoms with van der Waals surface area (Å²) in [6.07, 6.45) is 0. The van der Waals surface area contributed by atoms with Gasteiger partial charge in [-0.15, -0.1) is 0 Å². The highest BCUT2D eigenvalue weighted by Crippen LogP contribution is 2.31. The number of hydrogen-bond acceptors (Lipinski definition) is 1. The van der Waals surface area contributed by atoms with Crippen LogP contribution in [0, 0.1) is 13.5 Å². The van der Waals surface area contributed by atoms with E-state index in [0.29, 0.717) is 5.69 Å². The van der Waals surface area contributed by atoms with Crippen LogP contribution in [0.2, 0.25) is 0 Å². The highest BCUT2D eigenvalue weighted by atomic mass is 79.9. The Morgan fingerprint density at radius 3 is 2.67 bits per heavy atom. The molecule has 0 bridgehead atoms. The lowest BCUT2D eigenvalue weighted by atomic mass is 10.2. The van der Waals surface area contributed by atoms with Crippen LogP contribution < -0.4 is 4.74 Å². The highest BCUT2D eigenvalue weighted by Gasteiger charge is 2.05. The molecule has 2 nitrogen and oxygen atoms in total. The summed E-state index contributed by atoms with van der Waals surface area (Å²) in [5, 5.41) is 0. The van der Waals surface area contributed by atoms with Crippen molar-refractivity contribution in [3.05, 3.63) is 33.6 Å². The molecule has 0 aromatic heterocycles. The summed E-state index contributed by atoms with van der Waals surface area (Å²) in [7, 11) is 1.60. The van der Waals surface area contributed by atoms with E-state index in [-0.39, 0.29) is 0 Å². The fourth-order valence-corrected chi connectivity index (χ4v) is 1.39. The Morgan fingerprint density at radius 1 is 1.50 bits per heavy atom. The summed E-state index contributed by atoms with van der Waals surface area (Å²) in [5.41, 5.74) is 1.51. The quantitative estimate of drug-likeness (QED) is 0.669. The van der Waals surface area contributed by atoms with Crippen LogP contribution in [-0.2, 0) is 0 Å². The molecule has 0 unspecified atom stereocenters. The van der Waals surface area contributed by atoms with Crippen molar-refractivity contribution >= 4 is 21.6 Å². The van der Waals surface area contributed by atoms with Gasteiger partial charge in [0.25, 0.3) is 0 Å². The molecule has 62 valence electrons. The first-order valence-electron chi connectivity index (χ1n) is 3.40. The van der Waals surface area contributed by atoms with Gasteiger partial charge in [0.2, 0.25) is 0 Å². The van der Waals surface area contributed by atoms with Crippen molar-refractivity contribution in [2.45, 2.75) is 6.92 Å². The predicted octanol–water partition coefficient (Wildman–Crippen LogP) is 3.32. The Morgan fingerprint density at radius 2 is 2.17 bits per heavy atom. The second-order valence-corrected chi connectivity index (χ2v) is 3.28. The van der Waals surface area contributed by atoms with Crippen LogP contribution in [0.4, 0.5) is 5.69 Å². The molecule has 12 heavy (non-hydrogen) atoms. The van der Waals surface area contributed by atoms with Gasteiger partial charge in [-0.25, -0.2) is 4.85 Å². The van der Waals surface area contributed by atoms with E-state index >= 15 is 0 Å². The van der Waals surface area contributed by atoms with Gasteiger partial charge in [0.05, 0.1) is 13.7 Å². The Kier molecular flexibility index (Phi) is 2.72. The fraction of sp³-hybridized carbons (Fsp3) is 0.222. The molecule has 0 spiro atoms. The zero-order chi connectivity index (χ0) is 9.14. The minimum absolute atomic E-state index is 0.626. The van der Waals surface area contributed by atoms with Crippen molar-refractivity contribution < 1.29 is 4.74 Å². The Hall–Kier alpha value is -1.01. The van der Waals surface area contributed by atoms with Crippen molar-refractivity contribution in [3.63, 3.8) is 0 Å². The van der Waals surface area contributed by atoms with Crippen molar-refractivity contribution in [1.82, 2.24) is 0 Å². The van der Waals surface area contributed by atoms with E-state index in [9.17, 15) is 0 Å². The fourth-order valence-electron chi connectivity index (χ4n) is 0.968. The molecule has 0 fully saturated rings. The lowest BCUT2D eigenvalue weighted by Gasteiger charge is -2.06. The molecule has 0 heterocycles. The largest absolute Gasteiger partial charge is 0.498 e. The van der Waals surface area contributed by atoms with E-state index in [0.717, 1.165) is 15.8 Å². The van der Waals surface area contributed by atoms with Crippen LogP contribution in [0.3, 0.4) is 0 Å². The summed E-state index contributed by atoms with van der Waals surface area (Å²) in [4.78, 5) is 3.38. The number of nitrogens with zero attached hydrogens (tertiary/aromatic N) is 1. The average Bonchev–Trinajstić information content (AvgIpc) is 2.08. The van der Waals surface area contributed by atoms with Crippen LogP contribution >= 0.6 is 15.9 Å². The lowest BCUT2D eigenvalue weighted by Crippen LogP contribution is -1.86. The molecule has 0 N–H and O–H groups in total. The number of hydrogen-bond donors (Lipinski definition) is 0. The Balaban J connectivity index is 3.34. The summed E-state index contributed by atoms with van der Waals surface area (Å²) in [5.74, 6) is 0.746. The van der Waals surface area contributed by atoms with Crippen LogP contribution in [0.5, 0.6) is 5.75 Å². The lowest BCUT2D eigenvalue weighted by molar-refractivity contribution is 0.412. The summed E-state index contributed by atoms with van der Waals surface area (Å²) >= 11 is 3.31. The van der Waals surface area contributed by atoms with Crippen LogP contribution in [0.25, 0.3) is 4.85 Å². The summed E-state index contributed by atoms with van der Waals surface area (Å²) < 4.78 is 5.97. The van der Waals surface area contributed by atoms with E-state index < -0.39 is 0 Å². The van der Waals surface area contributed by atoms with Crippen molar-refractivity contribution in [2.24, 2.45) is 0 Å². The first-order chi connectivity index (χ1) is 5.69. The van der Waals surface area contributed by atoms with E-state index in [4.69, 9.17) is 11.3 Å². The molecular formula is C9H8BrNO.